The largest absolute Gasteiger partial charge is 0.465 e. The zero-order chi connectivity index (χ0) is 21.1. The molecular formula is C17H22F2N4O5S. The van der Waals surface area contributed by atoms with Crippen molar-refractivity contribution in [2.45, 2.75) is 30.8 Å². The van der Waals surface area contributed by atoms with Gasteiger partial charge in [-0.3, -0.25) is 0 Å². The van der Waals surface area contributed by atoms with E-state index in [4.69, 9.17) is 4.74 Å². The van der Waals surface area contributed by atoms with Crippen LogP contribution in [0.15, 0.2) is 12.1 Å². The van der Waals surface area contributed by atoms with Crippen LogP contribution in [0.2, 0.25) is 0 Å². The molecular weight excluding hydrogens is 410 g/mol. The number of hydrogen-bond acceptors (Lipinski definition) is 5. The Morgan fingerprint density at radius 3 is 2.69 bits per heavy atom. The zero-order valence-electron chi connectivity index (χ0n) is 16.0. The number of amides is 1. The summed E-state index contributed by atoms with van der Waals surface area (Å²) >= 11 is 0. The number of pyridine rings is 1. The summed E-state index contributed by atoms with van der Waals surface area (Å²) in [5.74, 6) is -3.84. The summed E-state index contributed by atoms with van der Waals surface area (Å²) in [6.07, 6.45) is -1.28. The van der Waals surface area contributed by atoms with E-state index in [1.54, 1.807) is 12.1 Å². The molecule has 1 aromatic rings. The molecule has 12 heteroatoms. The Kier molecular flexibility index (Phi) is 4.61. The summed E-state index contributed by atoms with van der Waals surface area (Å²) in [5, 5.41) is 9.19. The first-order valence-corrected chi connectivity index (χ1v) is 10.6. The third-order valence-corrected chi connectivity index (χ3v) is 7.69. The van der Waals surface area contributed by atoms with E-state index in [9.17, 15) is 27.1 Å². The number of aromatic nitrogens is 1. The highest BCUT2D eigenvalue weighted by Crippen LogP contribution is 2.51. The van der Waals surface area contributed by atoms with Crippen LogP contribution in [0.25, 0.3) is 0 Å². The van der Waals surface area contributed by atoms with Crippen molar-refractivity contribution < 1.29 is 31.8 Å². The fourth-order valence-corrected chi connectivity index (χ4v) is 5.41. The average molecular weight is 432 g/mol. The number of likely N-dealkylation sites (tertiary alicyclic amines) is 1. The molecule has 1 N–H and O–H groups in total. The van der Waals surface area contributed by atoms with Gasteiger partial charge in [0.1, 0.15) is 0 Å². The lowest BCUT2D eigenvalue weighted by Gasteiger charge is -2.36. The Hall–Kier alpha value is -2.21. The topological polar surface area (TPSA) is 103 Å². The summed E-state index contributed by atoms with van der Waals surface area (Å²) in [4.78, 5) is 17.0. The molecule has 160 valence electrons. The van der Waals surface area contributed by atoms with Crippen molar-refractivity contribution >= 4 is 27.8 Å². The molecule has 0 spiro atoms. The molecule has 1 amide bonds. The molecule has 1 aromatic heterocycles. The first kappa shape index (κ1) is 20.1. The molecule has 4 rings (SSSR count). The van der Waals surface area contributed by atoms with Crippen LogP contribution >= 0.6 is 0 Å². The summed E-state index contributed by atoms with van der Waals surface area (Å²) < 4.78 is 59.6. The molecule has 2 aliphatic heterocycles. The van der Waals surface area contributed by atoms with Gasteiger partial charge in [0.05, 0.1) is 18.3 Å². The van der Waals surface area contributed by atoms with Gasteiger partial charge < -0.3 is 14.7 Å². The van der Waals surface area contributed by atoms with Gasteiger partial charge in [-0.2, -0.15) is 8.42 Å². The van der Waals surface area contributed by atoms with Gasteiger partial charge in [-0.05, 0) is 18.6 Å². The van der Waals surface area contributed by atoms with E-state index in [1.165, 1.54) is 19.1 Å². The van der Waals surface area contributed by atoms with Gasteiger partial charge in [0.15, 0.2) is 5.82 Å². The van der Waals surface area contributed by atoms with Crippen molar-refractivity contribution in [1.29, 1.82) is 0 Å². The number of carbonyl (C=O) groups is 1. The van der Waals surface area contributed by atoms with Crippen LogP contribution in [-0.2, 0) is 14.9 Å². The number of methoxy groups -OCH3 is 1. The van der Waals surface area contributed by atoms with E-state index in [0.29, 0.717) is 18.7 Å². The Morgan fingerprint density at radius 2 is 2.10 bits per heavy atom. The van der Waals surface area contributed by atoms with Crippen LogP contribution in [0.3, 0.4) is 0 Å². The van der Waals surface area contributed by atoms with E-state index >= 15 is 0 Å². The van der Waals surface area contributed by atoms with Crippen LogP contribution in [0.4, 0.5) is 25.1 Å². The molecule has 1 saturated carbocycles. The minimum Gasteiger partial charge on any atom is -0.465 e. The number of rotatable bonds is 4. The minimum atomic E-state index is -3.96. The highest BCUT2D eigenvalue weighted by molar-refractivity contribution is 7.94. The normalized spacial score (nSPS) is 29.7. The number of anilines is 2. The molecule has 1 aliphatic carbocycles. The molecule has 3 unspecified atom stereocenters. The van der Waals surface area contributed by atoms with Gasteiger partial charge in [-0.1, -0.05) is 0 Å². The summed E-state index contributed by atoms with van der Waals surface area (Å²) in [6, 6.07) is 3.24. The Labute approximate surface area is 167 Å². The standard InChI is InChI=1S/C17H22F2N4O5S/c1-21-15-13(23(29(21,26)27)8-10-7-17(10,18)19)4-3-12(20-15)11-5-6-22(16(24)25)9-14(11)28-2/h3-4,10-11,14H,5-9H2,1-2H3,(H,24,25). The molecule has 0 bridgehead atoms. The maximum Gasteiger partial charge on any atom is 0.407 e. The number of piperidine rings is 1. The van der Waals surface area contributed by atoms with Crippen LogP contribution in [0.1, 0.15) is 24.5 Å². The lowest BCUT2D eigenvalue weighted by Crippen LogP contribution is -2.46. The Bertz CT molecular complexity index is 944. The first-order chi connectivity index (χ1) is 13.6. The van der Waals surface area contributed by atoms with Gasteiger partial charge in [0.2, 0.25) is 0 Å². The molecule has 1 saturated heterocycles. The molecule has 29 heavy (non-hydrogen) atoms. The second kappa shape index (κ2) is 6.66. The predicted molar refractivity (Wildman–Crippen MR) is 99.7 cm³/mol. The fourth-order valence-electron chi connectivity index (χ4n) is 4.00. The van der Waals surface area contributed by atoms with Crippen molar-refractivity contribution in [2.75, 3.05) is 42.4 Å². The van der Waals surface area contributed by atoms with Gasteiger partial charge >= 0.3 is 16.3 Å². The highest BCUT2D eigenvalue weighted by Gasteiger charge is 2.59. The van der Waals surface area contributed by atoms with E-state index in [2.05, 4.69) is 4.98 Å². The van der Waals surface area contributed by atoms with E-state index in [0.717, 1.165) is 8.61 Å². The van der Waals surface area contributed by atoms with Crippen molar-refractivity contribution in [2.24, 2.45) is 5.92 Å². The zero-order valence-corrected chi connectivity index (χ0v) is 16.8. The summed E-state index contributed by atoms with van der Waals surface area (Å²) in [7, 11) is -1.13. The van der Waals surface area contributed by atoms with Gasteiger partial charge in [0.25, 0.3) is 5.92 Å². The molecule has 9 nitrogen and oxygen atoms in total. The molecule has 2 fully saturated rings. The number of hydrogen-bond donors (Lipinski definition) is 1. The van der Waals surface area contributed by atoms with Crippen LogP contribution in [0.5, 0.6) is 0 Å². The number of fused-ring (bicyclic) bond motifs is 1. The van der Waals surface area contributed by atoms with Crippen LogP contribution in [0, 0.1) is 5.92 Å². The van der Waals surface area contributed by atoms with Crippen molar-refractivity contribution in [3.8, 4) is 0 Å². The first-order valence-electron chi connectivity index (χ1n) is 9.22. The average Bonchev–Trinajstić information content (AvgIpc) is 3.24. The molecule has 3 atom stereocenters. The van der Waals surface area contributed by atoms with Crippen LogP contribution in [-0.4, -0.2) is 75.3 Å². The molecule has 3 heterocycles. The lowest BCUT2D eigenvalue weighted by molar-refractivity contribution is 0.0168. The minimum absolute atomic E-state index is 0.182. The second-order valence-electron chi connectivity index (χ2n) is 7.65. The Balaban J connectivity index is 1.62. The maximum atomic E-state index is 13.3. The lowest BCUT2D eigenvalue weighted by atomic mass is 9.90. The van der Waals surface area contributed by atoms with E-state index < -0.39 is 34.2 Å². The van der Waals surface area contributed by atoms with Crippen LogP contribution < -0.4 is 8.61 Å². The maximum absolute atomic E-state index is 13.3. The van der Waals surface area contributed by atoms with Crippen molar-refractivity contribution in [3.63, 3.8) is 0 Å². The van der Waals surface area contributed by atoms with Crippen molar-refractivity contribution in [3.05, 3.63) is 17.8 Å². The smallest absolute Gasteiger partial charge is 0.407 e. The fraction of sp³-hybridized carbons (Fsp3) is 0.647. The highest BCUT2D eigenvalue weighted by atomic mass is 32.2. The number of nitrogens with zero attached hydrogens (tertiary/aromatic N) is 4. The van der Waals surface area contributed by atoms with E-state index in [1.807, 2.05) is 0 Å². The summed E-state index contributed by atoms with van der Waals surface area (Å²) in [6.45, 7) is 0.216. The number of alkyl halides is 2. The number of ether oxygens (including phenoxy) is 1. The van der Waals surface area contributed by atoms with Gasteiger partial charge in [-0.15, -0.1) is 0 Å². The predicted octanol–water partition coefficient (Wildman–Crippen LogP) is 1.72. The SMILES string of the molecule is COC1CN(C(=O)O)CCC1c1ccc2c(n1)N(C)S(=O)(=O)N2CC1CC1(F)F. The van der Waals surface area contributed by atoms with Gasteiger partial charge in [-0.25, -0.2) is 27.2 Å². The summed E-state index contributed by atoms with van der Waals surface area (Å²) in [5.41, 5.74) is 0.858. The van der Waals surface area contributed by atoms with E-state index in [-0.39, 0.29) is 36.9 Å². The molecule has 0 radical (unpaired) electrons. The van der Waals surface area contributed by atoms with Crippen molar-refractivity contribution in [1.82, 2.24) is 9.88 Å². The monoisotopic (exact) mass is 432 g/mol. The van der Waals surface area contributed by atoms with Gasteiger partial charge in [0, 0.05) is 51.2 Å². The number of halogens is 2. The quantitative estimate of drug-likeness (QED) is 0.777. The molecule has 3 aliphatic rings. The second-order valence-corrected chi connectivity index (χ2v) is 9.53. The Morgan fingerprint density at radius 1 is 1.41 bits per heavy atom. The number of carboxylic acid groups (broad SMARTS) is 1. The third kappa shape index (κ3) is 3.27. The third-order valence-electron chi connectivity index (χ3n) is 5.92. The molecule has 0 aromatic carbocycles.